The first-order valence-corrected chi connectivity index (χ1v) is 9.24. The molecule has 0 aromatic rings. The topological polar surface area (TPSA) is 122 Å². The molecule has 2 amide bonds. The van der Waals surface area contributed by atoms with E-state index in [9.17, 15) is 14.4 Å². The number of hydrogen-bond acceptors (Lipinski definition) is 6. The summed E-state index contributed by atoms with van der Waals surface area (Å²) in [7, 11) is 0. The average Bonchev–Trinajstić information content (AvgIpc) is 2.45. The molecule has 5 N–H and O–H groups in total. The number of nitrogens with two attached hydrogens (primary N) is 1. The maximum absolute atomic E-state index is 11.9. The molecule has 0 radical (unpaired) electrons. The third-order valence-electron chi connectivity index (χ3n) is 2.63. The van der Waals surface area contributed by atoms with Gasteiger partial charge in [0.15, 0.2) is 0 Å². The highest BCUT2D eigenvalue weighted by Crippen LogP contribution is 2.03. The Morgan fingerprint density at radius 2 is 1.67 bits per heavy atom. The fourth-order valence-electron chi connectivity index (χ4n) is 1.45. The number of amides is 2. The second kappa shape index (κ2) is 11.7. The van der Waals surface area contributed by atoms with Gasteiger partial charge in [-0.1, -0.05) is 0 Å². The number of nitrogens with one attached hydrogen (secondary N) is 2. The van der Waals surface area contributed by atoms with Gasteiger partial charge in [-0.05, 0) is 36.9 Å². The Morgan fingerprint density at radius 1 is 1.10 bits per heavy atom. The van der Waals surface area contributed by atoms with E-state index in [-0.39, 0.29) is 5.91 Å². The maximum Gasteiger partial charge on any atom is 0.322 e. The van der Waals surface area contributed by atoms with E-state index in [2.05, 4.69) is 10.6 Å². The second-order valence-corrected chi connectivity index (χ2v) is 6.31. The van der Waals surface area contributed by atoms with Crippen LogP contribution >= 0.6 is 23.5 Å². The Labute approximate surface area is 133 Å². The molecule has 7 nitrogen and oxygen atoms in total. The molecule has 0 spiro atoms. The highest BCUT2D eigenvalue weighted by molar-refractivity contribution is 7.98. The molecule has 0 aromatic heterocycles. The van der Waals surface area contributed by atoms with E-state index in [0.717, 1.165) is 5.75 Å². The standard InChI is InChI=1S/C12H23N3O4S2/c1-20-5-3-8(13)11(18)15-9(4-6-21-2)12(19)14-7-10(16)17/h8-9H,3-7,13H2,1-2H3,(H,14,19)(H,15,18)(H,16,17)/t8-,9-/m0/s1. The van der Waals surface area contributed by atoms with Crippen LogP contribution < -0.4 is 16.4 Å². The monoisotopic (exact) mass is 337 g/mol. The normalized spacial score (nSPS) is 13.3. The zero-order valence-corrected chi connectivity index (χ0v) is 13.9. The van der Waals surface area contributed by atoms with Crippen LogP contribution in [0.4, 0.5) is 0 Å². The van der Waals surface area contributed by atoms with E-state index in [4.69, 9.17) is 10.8 Å². The largest absolute Gasteiger partial charge is 0.480 e. The highest BCUT2D eigenvalue weighted by Gasteiger charge is 2.23. The first kappa shape index (κ1) is 20.1. The van der Waals surface area contributed by atoms with Gasteiger partial charge in [-0.3, -0.25) is 14.4 Å². The van der Waals surface area contributed by atoms with Crippen LogP contribution in [0.25, 0.3) is 0 Å². The van der Waals surface area contributed by atoms with Crippen molar-refractivity contribution in [2.24, 2.45) is 5.73 Å². The third-order valence-corrected chi connectivity index (χ3v) is 3.92. The predicted molar refractivity (Wildman–Crippen MR) is 86.5 cm³/mol. The van der Waals surface area contributed by atoms with Crippen LogP contribution in [0.1, 0.15) is 12.8 Å². The Balaban J connectivity index is 4.48. The molecule has 0 aromatic carbocycles. The highest BCUT2D eigenvalue weighted by atomic mass is 32.2. The minimum atomic E-state index is -1.13. The summed E-state index contributed by atoms with van der Waals surface area (Å²) in [5, 5.41) is 13.4. The van der Waals surface area contributed by atoms with Crippen molar-refractivity contribution in [2.45, 2.75) is 24.9 Å². The number of hydrogen-bond donors (Lipinski definition) is 4. The molecule has 9 heteroatoms. The third kappa shape index (κ3) is 9.59. The van der Waals surface area contributed by atoms with Crippen molar-refractivity contribution in [3.05, 3.63) is 0 Å². The van der Waals surface area contributed by atoms with E-state index < -0.39 is 30.5 Å². The number of carboxylic acid groups (broad SMARTS) is 1. The molecular weight excluding hydrogens is 314 g/mol. The van der Waals surface area contributed by atoms with Crippen LogP contribution in [0.5, 0.6) is 0 Å². The van der Waals surface area contributed by atoms with Crippen molar-refractivity contribution in [3.63, 3.8) is 0 Å². The summed E-state index contributed by atoms with van der Waals surface area (Å²) in [5.74, 6) is -0.590. The lowest BCUT2D eigenvalue weighted by Crippen LogP contribution is -2.52. The van der Waals surface area contributed by atoms with Crippen molar-refractivity contribution in [2.75, 3.05) is 30.6 Å². The number of aliphatic carboxylic acids is 1. The summed E-state index contributed by atoms with van der Waals surface area (Å²) in [6.45, 7) is -0.469. The van der Waals surface area contributed by atoms with Crippen molar-refractivity contribution >= 4 is 41.3 Å². The number of thioether (sulfide) groups is 2. The predicted octanol–water partition coefficient (Wildman–Crippen LogP) is -0.494. The van der Waals surface area contributed by atoms with Crippen LogP contribution in [-0.4, -0.2) is 65.5 Å². The number of rotatable bonds is 11. The van der Waals surface area contributed by atoms with Gasteiger partial charge < -0.3 is 21.5 Å². The maximum atomic E-state index is 11.9. The van der Waals surface area contributed by atoms with Crippen molar-refractivity contribution in [1.29, 1.82) is 0 Å². The van der Waals surface area contributed by atoms with Crippen molar-refractivity contribution < 1.29 is 19.5 Å². The van der Waals surface area contributed by atoms with Gasteiger partial charge in [0, 0.05) is 0 Å². The fourth-order valence-corrected chi connectivity index (χ4v) is 2.41. The Kier molecular flexibility index (Phi) is 11.2. The molecule has 0 aliphatic heterocycles. The SMILES string of the molecule is CSCC[C@H](NC(=O)[C@@H](N)CCSC)C(=O)NCC(=O)O. The van der Waals surface area contributed by atoms with E-state index >= 15 is 0 Å². The quantitative estimate of drug-likeness (QED) is 0.401. The molecule has 122 valence electrons. The van der Waals surface area contributed by atoms with E-state index in [1.54, 1.807) is 11.8 Å². The molecule has 0 aliphatic rings. The van der Waals surface area contributed by atoms with Gasteiger partial charge in [-0.25, -0.2) is 0 Å². The van der Waals surface area contributed by atoms with Gasteiger partial charge in [-0.2, -0.15) is 23.5 Å². The van der Waals surface area contributed by atoms with E-state index in [1.165, 1.54) is 11.8 Å². The molecule has 0 saturated carbocycles. The van der Waals surface area contributed by atoms with Crippen LogP contribution in [0, 0.1) is 0 Å². The lowest BCUT2D eigenvalue weighted by Gasteiger charge is -2.20. The number of carbonyl (C=O) groups is 3. The lowest BCUT2D eigenvalue weighted by molar-refractivity contribution is -0.138. The van der Waals surface area contributed by atoms with Crippen LogP contribution in [0.3, 0.4) is 0 Å². The Morgan fingerprint density at radius 3 is 2.19 bits per heavy atom. The van der Waals surface area contributed by atoms with Crippen LogP contribution in [0.15, 0.2) is 0 Å². The zero-order valence-electron chi connectivity index (χ0n) is 12.3. The van der Waals surface area contributed by atoms with Crippen LogP contribution in [0.2, 0.25) is 0 Å². The molecule has 0 fully saturated rings. The summed E-state index contributed by atoms with van der Waals surface area (Å²) in [6, 6.07) is -1.42. The fraction of sp³-hybridized carbons (Fsp3) is 0.750. The van der Waals surface area contributed by atoms with Gasteiger partial charge >= 0.3 is 5.97 Å². The van der Waals surface area contributed by atoms with Gasteiger partial charge in [0.25, 0.3) is 0 Å². The molecule has 0 unspecified atom stereocenters. The number of carbonyl (C=O) groups excluding carboxylic acids is 2. The molecule has 0 saturated heterocycles. The Bertz CT molecular complexity index is 355. The molecular formula is C12H23N3O4S2. The molecule has 2 atom stereocenters. The Hall–Kier alpha value is -0.930. The minimum absolute atomic E-state index is 0.388. The summed E-state index contributed by atoms with van der Waals surface area (Å²) in [5.41, 5.74) is 5.75. The summed E-state index contributed by atoms with van der Waals surface area (Å²) in [4.78, 5) is 34.3. The first-order valence-electron chi connectivity index (χ1n) is 6.45. The van der Waals surface area contributed by atoms with Gasteiger partial charge in [0.1, 0.15) is 12.6 Å². The molecule has 0 aliphatic carbocycles. The average molecular weight is 337 g/mol. The summed E-state index contributed by atoms with van der Waals surface area (Å²) in [6.07, 6.45) is 4.76. The van der Waals surface area contributed by atoms with Gasteiger partial charge in [0.05, 0.1) is 6.04 Å². The van der Waals surface area contributed by atoms with Crippen LogP contribution in [-0.2, 0) is 14.4 Å². The molecule has 0 rings (SSSR count). The summed E-state index contributed by atoms with van der Waals surface area (Å²) >= 11 is 3.13. The van der Waals surface area contributed by atoms with E-state index in [1.807, 2.05) is 12.5 Å². The lowest BCUT2D eigenvalue weighted by atomic mass is 10.1. The second-order valence-electron chi connectivity index (χ2n) is 4.34. The number of carboxylic acids is 1. The van der Waals surface area contributed by atoms with E-state index in [0.29, 0.717) is 18.6 Å². The molecule has 0 bridgehead atoms. The molecule has 21 heavy (non-hydrogen) atoms. The summed E-state index contributed by atoms with van der Waals surface area (Å²) < 4.78 is 0. The van der Waals surface area contributed by atoms with Gasteiger partial charge in [0.2, 0.25) is 11.8 Å². The smallest absolute Gasteiger partial charge is 0.322 e. The van der Waals surface area contributed by atoms with Crippen molar-refractivity contribution in [1.82, 2.24) is 10.6 Å². The van der Waals surface area contributed by atoms with Crippen molar-refractivity contribution in [3.8, 4) is 0 Å². The van der Waals surface area contributed by atoms with Gasteiger partial charge in [-0.15, -0.1) is 0 Å². The zero-order chi connectivity index (χ0) is 16.3. The first-order chi connectivity index (χ1) is 9.92. The molecule has 0 heterocycles. The minimum Gasteiger partial charge on any atom is -0.480 e.